The number of carbonyl (C=O) groups is 2. The third kappa shape index (κ3) is 7.00. The number of carbonyl (C=O) groups excluding carboxylic acids is 2. The van der Waals surface area contributed by atoms with E-state index in [1.165, 1.54) is 17.0 Å². The SMILES string of the molecule is CCCNC(=O)C(CC)N(Cc1ccccc1C)C(=O)CN(c1ccc2c(c1)OCCO2)S(=O)(=O)c1ccccc1. The Morgan fingerprint density at radius 1 is 0.927 bits per heavy atom. The summed E-state index contributed by atoms with van der Waals surface area (Å²) in [7, 11) is -4.17. The lowest BCUT2D eigenvalue weighted by molar-refractivity contribution is -0.140. The van der Waals surface area contributed by atoms with Gasteiger partial charge in [-0.25, -0.2) is 8.42 Å². The van der Waals surface area contributed by atoms with Crippen molar-refractivity contribution >= 4 is 27.5 Å². The zero-order chi connectivity index (χ0) is 29.4. The summed E-state index contributed by atoms with van der Waals surface area (Å²) < 4.78 is 40.4. The van der Waals surface area contributed by atoms with Crippen LogP contribution in [-0.4, -0.2) is 57.5 Å². The number of nitrogens with one attached hydrogen (secondary N) is 1. The number of hydrogen-bond donors (Lipinski definition) is 1. The molecule has 3 aromatic carbocycles. The van der Waals surface area contributed by atoms with Gasteiger partial charge >= 0.3 is 0 Å². The normalized spacial score (nSPS) is 13.2. The zero-order valence-corrected chi connectivity index (χ0v) is 24.5. The van der Waals surface area contributed by atoms with Crippen LogP contribution < -0.4 is 19.1 Å². The fourth-order valence-corrected chi connectivity index (χ4v) is 6.12. The van der Waals surface area contributed by atoms with Gasteiger partial charge in [-0.15, -0.1) is 0 Å². The second kappa shape index (κ2) is 13.5. The lowest BCUT2D eigenvalue weighted by Gasteiger charge is -2.33. The number of nitrogens with zero attached hydrogens (tertiary/aromatic N) is 2. The minimum Gasteiger partial charge on any atom is -0.486 e. The van der Waals surface area contributed by atoms with Crippen LogP contribution in [0.4, 0.5) is 5.69 Å². The molecule has 41 heavy (non-hydrogen) atoms. The van der Waals surface area contributed by atoms with E-state index in [9.17, 15) is 18.0 Å². The minimum absolute atomic E-state index is 0.0425. The lowest BCUT2D eigenvalue weighted by atomic mass is 10.1. The Balaban J connectivity index is 1.75. The Labute approximate surface area is 242 Å². The molecule has 1 atom stereocenters. The van der Waals surface area contributed by atoms with Crippen molar-refractivity contribution in [2.45, 2.75) is 51.1 Å². The standard InChI is InChI=1S/C31H37N3O6S/c1-4-17-32-31(36)27(5-2)33(21-24-12-10-9-11-23(24)3)30(35)22-34(41(37,38)26-13-7-6-8-14-26)25-15-16-28-29(20-25)40-19-18-39-28/h6-16,20,27H,4-5,17-19,21-22H2,1-3H3,(H,32,36). The Kier molecular flexibility index (Phi) is 9.88. The van der Waals surface area contributed by atoms with Crippen LogP contribution in [-0.2, 0) is 26.2 Å². The van der Waals surface area contributed by atoms with E-state index in [-0.39, 0.29) is 23.0 Å². The van der Waals surface area contributed by atoms with Crippen molar-refractivity contribution in [2.75, 3.05) is 30.6 Å². The first-order chi connectivity index (χ1) is 19.8. The molecule has 10 heteroatoms. The number of aryl methyl sites for hydroxylation is 1. The molecule has 0 aromatic heterocycles. The summed E-state index contributed by atoms with van der Waals surface area (Å²) in [6.45, 7) is 6.58. The number of ether oxygens (including phenoxy) is 2. The molecule has 218 valence electrons. The fourth-order valence-electron chi connectivity index (χ4n) is 4.69. The first-order valence-corrected chi connectivity index (χ1v) is 15.3. The average Bonchev–Trinajstić information content (AvgIpc) is 2.99. The molecule has 0 spiro atoms. The molecule has 2 amide bonds. The number of fused-ring (bicyclic) bond motifs is 1. The van der Waals surface area contributed by atoms with E-state index in [0.717, 1.165) is 21.9 Å². The molecule has 0 aliphatic carbocycles. The van der Waals surface area contributed by atoms with Gasteiger partial charge in [0.1, 0.15) is 25.8 Å². The Morgan fingerprint density at radius 2 is 1.61 bits per heavy atom. The van der Waals surface area contributed by atoms with Crippen molar-refractivity contribution in [2.24, 2.45) is 0 Å². The maximum Gasteiger partial charge on any atom is 0.264 e. The van der Waals surface area contributed by atoms with Gasteiger partial charge in [0.25, 0.3) is 10.0 Å². The molecule has 1 heterocycles. The van der Waals surface area contributed by atoms with Crippen molar-refractivity contribution in [3.8, 4) is 11.5 Å². The third-order valence-electron chi connectivity index (χ3n) is 6.96. The number of benzene rings is 3. The molecule has 3 aromatic rings. The fraction of sp³-hybridized carbons (Fsp3) is 0.355. The van der Waals surface area contributed by atoms with E-state index < -0.39 is 28.5 Å². The van der Waals surface area contributed by atoms with Crippen LogP contribution in [0.5, 0.6) is 11.5 Å². The van der Waals surface area contributed by atoms with Gasteiger partial charge in [0.15, 0.2) is 11.5 Å². The van der Waals surface area contributed by atoms with E-state index >= 15 is 0 Å². The van der Waals surface area contributed by atoms with Gasteiger partial charge in [0, 0.05) is 19.2 Å². The monoisotopic (exact) mass is 579 g/mol. The highest BCUT2D eigenvalue weighted by Gasteiger charge is 2.34. The molecular weight excluding hydrogens is 542 g/mol. The molecule has 1 unspecified atom stereocenters. The maximum absolute atomic E-state index is 14.2. The van der Waals surface area contributed by atoms with Crippen LogP contribution in [0.3, 0.4) is 0 Å². The summed E-state index contributed by atoms with van der Waals surface area (Å²) in [5.41, 5.74) is 2.10. The van der Waals surface area contributed by atoms with E-state index in [2.05, 4.69) is 5.32 Å². The van der Waals surface area contributed by atoms with Crippen LogP contribution in [0, 0.1) is 6.92 Å². The molecule has 0 fully saturated rings. The second-order valence-corrected chi connectivity index (χ2v) is 11.7. The van der Waals surface area contributed by atoms with E-state index in [4.69, 9.17) is 9.47 Å². The van der Waals surface area contributed by atoms with Gasteiger partial charge in [-0.2, -0.15) is 0 Å². The van der Waals surface area contributed by atoms with Crippen molar-refractivity contribution in [3.63, 3.8) is 0 Å². The van der Waals surface area contributed by atoms with Crippen LogP contribution in [0.1, 0.15) is 37.8 Å². The molecule has 0 bridgehead atoms. The molecule has 0 saturated heterocycles. The molecule has 1 N–H and O–H groups in total. The molecule has 9 nitrogen and oxygen atoms in total. The van der Waals surface area contributed by atoms with Crippen LogP contribution in [0.15, 0.2) is 77.7 Å². The van der Waals surface area contributed by atoms with Crippen molar-refractivity contribution in [3.05, 3.63) is 83.9 Å². The maximum atomic E-state index is 14.2. The second-order valence-electron chi connectivity index (χ2n) is 9.82. The first-order valence-electron chi connectivity index (χ1n) is 13.8. The van der Waals surface area contributed by atoms with Gasteiger partial charge in [-0.3, -0.25) is 13.9 Å². The molecular formula is C31H37N3O6S. The highest BCUT2D eigenvalue weighted by atomic mass is 32.2. The Morgan fingerprint density at radius 3 is 2.29 bits per heavy atom. The molecule has 4 rings (SSSR count). The van der Waals surface area contributed by atoms with E-state index in [1.807, 2.05) is 45.0 Å². The van der Waals surface area contributed by atoms with Crippen LogP contribution >= 0.6 is 0 Å². The summed E-state index contributed by atoms with van der Waals surface area (Å²) >= 11 is 0. The number of anilines is 1. The van der Waals surface area contributed by atoms with Gasteiger partial charge in [-0.1, -0.05) is 56.3 Å². The quantitative estimate of drug-likeness (QED) is 0.343. The first kappa shape index (κ1) is 29.9. The highest BCUT2D eigenvalue weighted by Crippen LogP contribution is 2.36. The van der Waals surface area contributed by atoms with Crippen LogP contribution in [0.2, 0.25) is 0 Å². The summed E-state index contributed by atoms with van der Waals surface area (Å²) in [6.07, 6.45) is 1.11. The highest BCUT2D eigenvalue weighted by molar-refractivity contribution is 7.92. The predicted molar refractivity (Wildman–Crippen MR) is 158 cm³/mol. The summed E-state index contributed by atoms with van der Waals surface area (Å²) in [5, 5.41) is 2.90. The lowest BCUT2D eigenvalue weighted by Crippen LogP contribution is -2.52. The minimum atomic E-state index is -4.17. The van der Waals surface area contributed by atoms with Crippen molar-refractivity contribution in [1.82, 2.24) is 10.2 Å². The molecule has 1 aliphatic heterocycles. The average molecular weight is 580 g/mol. The third-order valence-corrected chi connectivity index (χ3v) is 8.75. The number of sulfonamides is 1. The van der Waals surface area contributed by atoms with Gasteiger partial charge < -0.3 is 19.7 Å². The predicted octanol–water partition coefficient (Wildman–Crippen LogP) is 4.30. The molecule has 0 radical (unpaired) electrons. The van der Waals surface area contributed by atoms with Gasteiger partial charge in [-0.05, 0) is 55.2 Å². The zero-order valence-electron chi connectivity index (χ0n) is 23.7. The summed E-state index contributed by atoms with van der Waals surface area (Å²) in [6, 6.07) is 19.6. The van der Waals surface area contributed by atoms with E-state index in [0.29, 0.717) is 37.7 Å². The van der Waals surface area contributed by atoms with Crippen molar-refractivity contribution in [1.29, 1.82) is 0 Å². The number of amides is 2. The number of rotatable bonds is 12. The van der Waals surface area contributed by atoms with E-state index in [1.54, 1.807) is 36.4 Å². The largest absolute Gasteiger partial charge is 0.486 e. The Bertz CT molecular complexity index is 1460. The van der Waals surface area contributed by atoms with Crippen LogP contribution in [0.25, 0.3) is 0 Å². The molecule has 1 aliphatic rings. The smallest absolute Gasteiger partial charge is 0.264 e. The van der Waals surface area contributed by atoms with Crippen molar-refractivity contribution < 1.29 is 27.5 Å². The van der Waals surface area contributed by atoms with Gasteiger partial charge in [0.05, 0.1) is 10.6 Å². The van der Waals surface area contributed by atoms with Gasteiger partial charge in [0.2, 0.25) is 11.8 Å². The summed E-state index contributed by atoms with van der Waals surface area (Å²) in [4.78, 5) is 28.9. The topological polar surface area (TPSA) is 105 Å². The Hall–Kier alpha value is -4.05. The molecule has 0 saturated carbocycles. The summed E-state index contributed by atoms with van der Waals surface area (Å²) in [5.74, 6) is 0.133. The number of hydrogen-bond acceptors (Lipinski definition) is 6.